The minimum absolute atomic E-state index is 0.162. The third kappa shape index (κ3) is 3.83. The van der Waals surface area contributed by atoms with Crippen molar-refractivity contribution in [1.29, 1.82) is 0 Å². The van der Waals surface area contributed by atoms with Gasteiger partial charge in [0.2, 0.25) is 5.95 Å². The van der Waals surface area contributed by atoms with Crippen LogP contribution in [-0.4, -0.2) is 36.6 Å². The molecule has 0 atom stereocenters. The van der Waals surface area contributed by atoms with Crippen LogP contribution in [0, 0.1) is 0 Å². The molecule has 0 radical (unpaired) electrons. The molecule has 1 aliphatic heterocycles. The molecule has 0 spiro atoms. The van der Waals surface area contributed by atoms with Crippen LogP contribution in [-0.2, 0) is 19.5 Å². The van der Waals surface area contributed by atoms with Gasteiger partial charge in [-0.1, -0.05) is 12.1 Å². The second kappa shape index (κ2) is 8.44. The van der Waals surface area contributed by atoms with Gasteiger partial charge in [-0.15, -0.1) is 6.58 Å². The van der Waals surface area contributed by atoms with Crippen LogP contribution in [0.4, 0.5) is 11.6 Å². The van der Waals surface area contributed by atoms with Gasteiger partial charge in [-0.25, -0.2) is 14.3 Å². The Kier molecular flexibility index (Phi) is 5.31. The molecule has 0 amide bonds. The largest absolute Gasteiger partial charge is 0.324 e. The van der Waals surface area contributed by atoms with E-state index in [2.05, 4.69) is 44.3 Å². The molecule has 5 rings (SSSR count). The number of ketones is 1. The van der Waals surface area contributed by atoms with E-state index in [0.717, 1.165) is 25.2 Å². The van der Waals surface area contributed by atoms with E-state index < -0.39 is 0 Å². The molecule has 4 aromatic rings. The number of hydrogen-bond acceptors (Lipinski definition) is 7. The topological polar surface area (TPSA) is 107 Å². The van der Waals surface area contributed by atoms with Crippen LogP contribution in [0.25, 0.3) is 16.7 Å². The number of nitrogens with one attached hydrogen (secondary N) is 2. The first-order valence-electron chi connectivity index (χ1n) is 10.7. The van der Waals surface area contributed by atoms with Gasteiger partial charge in [0.15, 0.2) is 11.4 Å². The third-order valence-corrected chi connectivity index (χ3v) is 5.68. The Morgan fingerprint density at radius 1 is 1.24 bits per heavy atom. The number of fused-ring (bicyclic) bond motifs is 2. The second-order valence-corrected chi connectivity index (χ2v) is 7.91. The SMILES string of the molecule is C=CCn1c(=O)c2cnc(Nc3ccc4c(c3)CCNC4)nc2n1-c1ccnc(C(C)=O)c1. The maximum absolute atomic E-state index is 13.1. The maximum Gasteiger partial charge on any atom is 0.278 e. The molecule has 0 fully saturated rings. The summed E-state index contributed by atoms with van der Waals surface area (Å²) < 4.78 is 3.19. The van der Waals surface area contributed by atoms with E-state index in [1.165, 1.54) is 28.9 Å². The average molecular weight is 441 g/mol. The van der Waals surface area contributed by atoms with Crippen LogP contribution in [0.1, 0.15) is 28.5 Å². The molecule has 0 bridgehead atoms. The smallest absolute Gasteiger partial charge is 0.278 e. The van der Waals surface area contributed by atoms with Crippen molar-refractivity contribution in [1.82, 2.24) is 29.6 Å². The lowest BCUT2D eigenvalue weighted by Gasteiger charge is -2.18. The number of carbonyl (C=O) groups excluding carboxylic acids is 1. The predicted octanol–water partition coefficient (Wildman–Crippen LogP) is 2.76. The molecule has 0 saturated heterocycles. The zero-order chi connectivity index (χ0) is 22.9. The Bertz CT molecular complexity index is 1450. The van der Waals surface area contributed by atoms with Crippen LogP contribution in [0.15, 0.2) is 60.2 Å². The van der Waals surface area contributed by atoms with Crippen LogP contribution in [0.3, 0.4) is 0 Å². The lowest BCUT2D eigenvalue weighted by atomic mass is 10.0. The normalized spacial score (nSPS) is 13.0. The molecule has 9 nitrogen and oxygen atoms in total. The molecule has 4 heterocycles. The monoisotopic (exact) mass is 441 g/mol. The minimum atomic E-state index is -0.237. The summed E-state index contributed by atoms with van der Waals surface area (Å²) >= 11 is 0. The van der Waals surface area contributed by atoms with Gasteiger partial charge in [-0.05, 0) is 48.4 Å². The Hall–Kier alpha value is -4.11. The van der Waals surface area contributed by atoms with Crippen molar-refractivity contribution in [3.05, 3.63) is 82.6 Å². The van der Waals surface area contributed by atoms with Crippen molar-refractivity contribution in [2.45, 2.75) is 26.4 Å². The summed E-state index contributed by atoms with van der Waals surface area (Å²) in [6.07, 6.45) is 5.68. The highest BCUT2D eigenvalue weighted by Crippen LogP contribution is 2.23. The number of benzene rings is 1. The van der Waals surface area contributed by atoms with Gasteiger partial charge in [0.05, 0.1) is 12.2 Å². The van der Waals surface area contributed by atoms with Crippen molar-refractivity contribution < 1.29 is 4.79 Å². The Morgan fingerprint density at radius 3 is 2.94 bits per heavy atom. The Morgan fingerprint density at radius 2 is 2.12 bits per heavy atom. The van der Waals surface area contributed by atoms with Gasteiger partial charge in [-0.3, -0.25) is 14.6 Å². The van der Waals surface area contributed by atoms with Gasteiger partial charge < -0.3 is 10.6 Å². The van der Waals surface area contributed by atoms with E-state index >= 15 is 0 Å². The van der Waals surface area contributed by atoms with Crippen LogP contribution >= 0.6 is 0 Å². The fraction of sp³-hybridized carbons (Fsp3) is 0.208. The highest BCUT2D eigenvalue weighted by Gasteiger charge is 2.18. The lowest BCUT2D eigenvalue weighted by Crippen LogP contribution is -2.23. The maximum atomic E-state index is 13.1. The number of Topliss-reactive ketones (excluding diaryl/α,β-unsaturated/α-hetero) is 1. The van der Waals surface area contributed by atoms with Gasteiger partial charge in [0, 0.05) is 31.5 Å². The number of nitrogens with zero attached hydrogens (tertiary/aromatic N) is 5. The number of rotatable bonds is 6. The van der Waals surface area contributed by atoms with E-state index in [0.29, 0.717) is 28.4 Å². The molecule has 33 heavy (non-hydrogen) atoms. The van der Waals surface area contributed by atoms with Crippen LogP contribution in [0.5, 0.6) is 0 Å². The van der Waals surface area contributed by atoms with E-state index in [9.17, 15) is 9.59 Å². The highest BCUT2D eigenvalue weighted by atomic mass is 16.1. The molecule has 9 heteroatoms. The number of carbonyl (C=O) groups is 1. The van der Waals surface area contributed by atoms with Crippen LogP contribution < -0.4 is 16.2 Å². The predicted molar refractivity (Wildman–Crippen MR) is 126 cm³/mol. The summed E-state index contributed by atoms with van der Waals surface area (Å²) in [6.45, 7) is 7.32. The molecular weight excluding hydrogens is 418 g/mol. The summed E-state index contributed by atoms with van der Waals surface area (Å²) in [5, 5.41) is 7.00. The van der Waals surface area contributed by atoms with Crippen molar-refractivity contribution in [3.8, 4) is 5.69 Å². The number of hydrogen-bond donors (Lipinski definition) is 2. The Labute approximate surface area is 189 Å². The van der Waals surface area contributed by atoms with Crippen molar-refractivity contribution in [2.24, 2.45) is 0 Å². The number of anilines is 2. The molecule has 1 aliphatic rings. The summed E-state index contributed by atoms with van der Waals surface area (Å²) in [5.74, 6) is 0.215. The average Bonchev–Trinajstić information content (AvgIpc) is 3.10. The van der Waals surface area contributed by atoms with Gasteiger partial charge in [0.25, 0.3) is 5.56 Å². The molecule has 0 unspecified atom stereocenters. The molecule has 166 valence electrons. The zero-order valence-electron chi connectivity index (χ0n) is 18.2. The quantitative estimate of drug-likeness (QED) is 0.350. The third-order valence-electron chi connectivity index (χ3n) is 5.68. The van der Waals surface area contributed by atoms with E-state index in [1.807, 2.05) is 6.07 Å². The van der Waals surface area contributed by atoms with Crippen molar-refractivity contribution in [2.75, 3.05) is 11.9 Å². The first-order valence-corrected chi connectivity index (χ1v) is 10.7. The second-order valence-electron chi connectivity index (χ2n) is 7.91. The highest BCUT2D eigenvalue weighted by molar-refractivity contribution is 5.92. The first-order chi connectivity index (χ1) is 16.0. The van der Waals surface area contributed by atoms with Crippen LogP contribution in [0.2, 0.25) is 0 Å². The summed E-state index contributed by atoms with van der Waals surface area (Å²) in [4.78, 5) is 38.1. The Balaban J connectivity index is 1.62. The van der Waals surface area contributed by atoms with E-state index in [1.54, 1.807) is 29.1 Å². The first kappa shape index (κ1) is 20.8. The van der Waals surface area contributed by atoms with E-state index in [-0.39, 0.29) is 17.9 Å². The summed E-state index contributed by atoms with van der Waals surface area (Å²) in [5.41, 5.74) is 4.58. The zero-order valence-corrected chi connectivity index (χ0v) is 18.2. The van der Waals surface area contributed by atoms with Crippen molar-refractivity contribution >= 4 is 28.5 Å². The minimum Gasteiger partial charge on any atom is -0.324 e. The number of aromatic nitrogens is 5. The lowest BCUT2D eigenvalue weighted by molar-refractivity contribution is 0.101. The van der Waals surface area contributed by atoms with Gasteiger partial charge >= 0.3 is 0 Å². The molecule has 2 N–H and O–H groups in total. The summed E-state index contributed by atoms with van der Waals surface area (Å²) in [7, 11) is 0. The van der Waals surface area contributed by atoms with Gasteiger partial charge in [-0.2, -0.15) is 4.98 Å². The van der Waals surface area contributed by atoms with Gasteiger partial charge in [0.1, 0.15) is 11.1 Å². The number of allylic oxidation sites excluding steroid dienone is 1. The molecule has 0 aliphatic carbocycles. The molecule has 1 aromatic carbocycles. The van der Waals surface area contributed by atoms with E-state index in [4.69, 9.17) is 0 Å². The number of pyridine rings is 1. The molecular formula is C24H23N7O2. The fourth-order valence-electron chi connectivity index (χ4n) is 4.07. The summed E-state index contributed by atoms with van der Waals surface area (Å²) in [6, 6.07) is 9.59. The molecule has 0 saturated carbocycles. The van der Waals surface area contributed by atoms with Crippen molar-refractivity contribution in [3.63, 3.8) is 0 Å². The molecule has 3 aromatic heterocycles. The fourth-order valence-corrected chi connectivity index (χ4v) is 4.07. The standard InChI is InChI=1S/C24H23N7O2/c1-3-10-30-23(33)20-14-27-24(28-18-5-4-17-13-25-8-6-16(17)11-18)29-22(20)31(30)19-7-9-26-21(12-19)15(2)32/h3-5,7,9,11-12,14,25H,1,6,8,10,13H2,2H3,(H,27,28,29).